The molecule has 2 unspecified atom stereocenters. The molecule has 1 N–H and O–H groups in total. The van der Waals surface area contributed by atoms with Crippen molar-refractivity contribution in [2.45, 2.75) is 38.0 Å². The van der Waals surface area contributed by atoms with Crippen molar-refractivity contribution in [3.8, 4) is 0 Å². The summed E-state index contributed by atoms with van der Waals surface area (Å²) in [4.78, 5) is 2.01. The Kier molecular flexibility index (Phi) is 4.49. The Bertz CT molecular complexity index is 476. The van der Waals surface area contributed by atoms with Crippen molar-refractivity contribution in [3.05, 3.63) is 28.8 Å². The first kappa shape index (κ1) is 15.4. The van der Waals surface area contributed by atoms with Gasteiger partial charge in [0.1, 0.15) is 0 Å². The van der Waals surface area contributed by atoms with Crippen molar-refractivity contribution in [1.29, 1.82) is 0 Å². The second kappa shape index (κ2) is 5.82. The van der Waals surface area contributed by atoms with Crippen LogP contribution in [-0.2, 0) is 6.18 Å². The lowest BCUT2D eigenvalue weighted by Crippen LogP contribution is -2.46. The first-order valence-electron chi connectivity index (χ1n) is 6.63. The Labute approximate surface area is 121 Å². The van der Waals surface area contributed by atoms with E-state index in [1.807, 2.05) is 18.9 Å². The number of anilines is 1. The fourth-order valence-corrected chi connectivity index (χ4v) is 2.95. The van der Waals surface area contributed by atoms with Crippen LogP contribution in [0.25, 0.3) is 0 Å². The maximum Gasteiger partial charge on any atom is 0.417 e. The molecule has 0 radical (unpaired) electrons. The molecule has 0 aliphatic carbocycles. The topological polar surface area (TPSA) is 15.3 Å². The fourth-order valence-electron chi connectivity index (χ4n) is 2.73. The molecule has 112 valence electrons. The number of piperidine rings is 1. The highest BCUT2D eigenvalue weighted by atomic mass is 35.5. The molecule has 2 rings (SSSR count). The predicted octanol–water partition coefficient (Wildman–Crippen LogP) is 3.94. The van der Waals surface area contributed by atoms with Gasteiger partial charge in [0.05, 0.1) is 10.6 Å². The lowest BCUT2D eigenvalue weighted by atomic mass is 9.97. The fraction of sp³-hybridized carbons (Fsp3) is 0.571. The maximum absolute atomic E-state index is 12.9. The summed E-state index contributed by atoms with van der Waals surface area (Å²) in [6.07, 6.45) is -2.58. The van der Waals surface area contributed by atoms with Crippen LogP contribution >= 0.6 is 11.6 Å². The van der Waals surface area contributed by atoms with Crippen molar-refractivity contribution < 1.29 is 13.2 Å². The molecule has 1 aromatic carbocycles. The molecule has 1 aliphatic heterocycles. The summed E-state index contributed by atoms with van der Waals surface area (Å²) in [6.45, 7) is 2.77. The number of nitrogens with one attached hydrogen (secondary N) is 1. The lowest BCUT2D eigenvalue weighted by molar-refractivity contribution is -0.137. The molecule has 1 aliphatic rings. The standard InChI is InChI=1S/C14H18ClF3N2/c1-9-7-10(19-2)5-6-20(9)11-3-4-13(15)12(8-11)14(16,17)18/h3-4,8-10,19H,5-7H2,1-2H3. The van der Waals surface area contributed by atoms with Crippen LogP contribution in [0.5, 0.6) is 0 Å². The molecule has 20 heavy (non-hydrogen) atoms. The summed E-state index contributed by atoms with van der Waals surface area (Å²) >= 11 is 5.65. The van der Waals surface area contributed by atoms with Crippen LogP contribution in [0.15, 0.2) is 18.2 Å². The molecule has 0 spiro atoms. The van der Waals surface area contributed by atoms with Crippen LogP contribution in [-0.4, -0.2) is 25.7 Å². The minimum atomic E-state index is -4.42. The highest BCUT2D eigenvalue weighted by Crippen LogP contribution is 2.38. The van der Waals surface area contributed by atoms with Gasteiger partial charge in [0.25, 0.3) is 0 Å². The van der Waals surface area contributed by atoms with E-state index in [9.17, 15) is 13.2 Å². The molecule has 1 heterocycles. The third-order valence-electron chi connectivity index (χ3n) is 3.87. The molecule has 2 atom stereocenters. The Morgan fingerprint density at radius 2 is 2.05 bits per heavy atom. The molecule has 0 amide bonds. The Morgan fingerprint density at radius 3 is 2.60 bits per heavy atom. The highest BCUT2D eigenvalue weighted by Gasteiger charge is 2.34. The predicted molar refractivity (Wildman–Crippen MR) is 75.3 cm³/mol. The van der Waals surface area contributed by atoms with Crippen molar-refractivity contribution in [2.75, 3.05) is 18.5 Å². The van der Waals surface area contributed by atoms with E-state index in [1.165, 1.54) is 6.07 Å². The van der Waals surface area contributed by atoms with Crippen LogP contribution < -0.4 is 10.2 Å². The Morgan fingerprint density at radius 1 is 1.35 bits per heavy atom. The molecular weight excluding hydrogens is 289 g/mol. The van der Waals surface area contributed by atoms with Crippen LogP contribution in [0, 0.1) is 0 Å². The summed E-state index contributed by atoms with van der Waals surface area (Å²) in [5.41, 5.74) is -0.177. The van der Waals surface area contributed by atoms with E-state index in [0.29, 0.717) is 11.7 Å². The number of hydrogen-bond donors (Lipinski definition) is 1. The van der Waals surface area contributed by atoms with E-state index in [1.54, 1.807) is 6.07 Å². The molecule has 0 aromatic heterocycles. The van der Waals surface area contributed by atoms with Gasteiger partial charge in [-0.3, -0.25) is 0 Å². The van der Waals surface area contributed by atoms with Crippen LogP contribution in [0.4, 0.5) is 18.9 Å². The minimum Gasteiger partial charge on any atom is -0.369 e. The molecule has 1 fully saturated rings. The van der Waals surface area contributed by atoms with E-state index in [2.05, 4.69) is 5.32 Å². The van der Waals surface area contributed by atoms with E-state index in [-0.39, 0.29) is 11.1 Å². The van der Waals surface area contributed by atoms with Gasteiger partial charge in [0.15, 0.2) is 0 Å². The van der Waals surface area contributed by atoms with Gasteiger partial charge in [-0.1, -0.05) is 11.6 Å². The number of nitrogens with zero attached hydrogens (tertiary/aromatic N) is 1. The van der Waals surface area contributed by atoms with E-state index in [0.717, 1.165) is 25.5 Å². The molecule has 0 saturated carbocycles. The molecule has 2 nitrogen and oxygen atoms in total. The second-order valence-corrected chi connectivity index (χ2v) is 5.62. The average Bonchev–Trinajstić information content (AvgIpc) is 2.38. The zero-order valence-corrected chi connectivity index (χ0v) is 12.2. The summed E-state index contributed by atoms with van der Waals surface area (Å²) < 4.78 is 38.7. The zero-order chi connectivity index (χ0) is 14.9. The lowest BCUT2D eigenvalue weighted by Gasteiger charge is -2.39. The molecule has 6 heteroatoms. The number of rotatable bonds is 2. The molecule has 1 saturated heterocycles. The number of alkyl halides is 3. The normalized spacial score (nSPS) is 24.0. The Hall–Kier alpha value is -0.940. The third kappa shape index (κ3) is 3.20. The largest absolute Gasteiger partial charge is 0.417 e. The first-order chi connectivity index (χ1) is 9.32. The molecule has 1 aromatic rings. The minimum absolute atomic E-state index is 0.198. The van der Waals surface area contributed by atoms with Crippen LogP contribution in [0.2, 0.25) is 5.02 Å². The van der Waals surface area contributed by atoms with Crippen molar-refractivity contribution in [3.63, 3.8) is 0 Å². The summed E-state index contributed by atoms with van der Waals surface area (Å²) in [7, 11) is 1.91. The number of hydrogen-bond acceptors (Lipinski definition) is 2. The highest BCUT2D eigenvalue weighted by molar-refractivity contribution is 6.31. The maximum atomic E-state index is 12.9. The van der Waals surface area contributed by atoms with Crippen molar-refractivity contribution in [2.24, 2.45) is 0 Å². The van der Waals surface area contributed by atoms with Gasteiger partial charge < -0.3 is 10.2 Å². The number of halogens is 4. The smallest absolute Gasteiger partial charge is 0.369 e. The van der Waals surface area contributed by atoms with E-state index >= 15 is 0 Å². The Balaban J connectivity index is 2.26. The third-order valence-corrected chi connectivity index (χ3v) is 4.20. The summed E-state index contributed by atoms with van der Waals surface area (Å²) in [6, 6.07) is 4.77. The van der Waals surface area contributed by atoms with Crippen LogP contribution in [0.3, 0.4) is 0 Å². The van der Waals surface area contributed by atoms with Gasteiger partial charge in [-0.05, 0) is 45.0 Å². The first-order valence-corrected chi connectivity index (χ1v) is 7.01. The van der Waals surface area contributed by atoms with Gasteiger partial charge in [-0.25, -0.2) is 0 Å². The quantitative estimate of drug-likeness (QED) is 0.890. The van der Waals surface area contributed by atoms with Gasteiger partial charge >= 0.3 is 6.18 Å². The van der Waals surface area contributed by atoms with Crippen LogP contribution in [0.1, 0.15) is 25.3 Å². The molecule has 0 bridgehead atoms. The zero-order valence-electron chi connectivity index (χ0n) is 11.5. The summed E-state index contributed by atoms with van der Waals surface area (Å²) in [5, 5.41) is 2.97. The van der Waals surface area contributed by atoms with Gasteiger partial charge in [0.2, 0.25) is 0 Å². The van der Waals surface area contributed by atoms with E-state index < -0.39 is 11.7 Å². The average molecular weight is 307 g/mol. The summed E-state index contributed by atoms with van der Waals surface area (Å²) in [5.74, 6) is 0. The number of benzene rings is 1. The van der Waals surface area contributed by atoms with Crippen molar-refractivity contribution in [1.82, 2.24) is 5.32 Å². The monoisotopic (exact) mass is 306 g/mol. The van der Waals surface area contributed by atoms with Gasteiger partial charge in [-0.15, -0.1) is 0 Å². The van der Waals surface area contributed by atoms with Gasteiger partial charge in [0, 0.05) is 24.3 Å². The van der Waals surface area contributed by atoms with Crippen molar-refractivity contribution >= 4 is 17.3 Å². The van der Waals surface area contributed by atoms with Gasteiger partial charge in [-0.2, -0.15) is 13.2 Å². The molecular formula is C14H18ClF3N2. The SMILES string of the molecule is CNC1CCN(c2ccc(Cl)c(C(F)(F)F)c2)C(C)C1. The van der Waals surface area contributed by atoms with E-state index in [4.69, 9.17) is 11.6 Å². The second-order valence-electron chi connectivity index (χ2n) is 5.21.